The zero-order valence-electron chi connectivity index (χ0n) is 12.3. The molecular weight excluding hydrogens is 361 g/mol. The van der Waals surface area contributed by atoms with Gasteiger partial charge in [-0.25, -0.2) is 0 Å². The van der Waals surface area contributed by atoms with Gasteiger partial charge >= 0.3 is 0 Å². The van der Waals surface area contributed by atoms with Crippen molar-refractivity contribution in [3.8, 4) is 5.75 Å². The quantitative estimate of drug-likeness (QED) is 0.801. The normalized spacial score (nSPS) is 12.2. The van der Waals surface area contributed by atoms with Crippen LogP contribution >= 0.6 is 22.6 Å². The SMILES string of the molecule is CNC(c1ccccc1I)c1ccc(C)c(C)c1OC. The van der Waals surface area contributed by atoms with Crippen molar-refractivity contribution in [3.05, 3.63) is 62.2 Å². The number of hydrogen-bond acceptors (Lipinski definition) is 2. The molecule has 0 spiro atoms. The third-order valence-electron chi connectivity index (χ3n) is 3.73. The van der Waals surface area contributed by atoms with Gasteiger partial charge in [-0.1, -0.05) is 30.3 Å². The van der Waals surface area contributed by atoms with Crippen molar-refractivity contribution in [2.45, 2.75) is 19.9 Å². The predicted octanol–water partition coefficient (Wildman–Crippen LogP) is 4.23. The molecule has 1 unspecified atom stereocenters. The van der Waals surface area contributed by atoms with Crippen molar-refractivity contribution in [1.82, 2.24) is 5.32 Å². The first-order valence-electron chi connectivity index (χ1n) is 6.66. The number of rotatable bonds is 4. The number of ether oxygens (including phenoxy) is 1. The lowest BCUT2D eigenvalue weighted by Crippen LogP contribution is -2.20. The van der Waals surface area contributed by atoms with E-state index < -0.39 is 0 Å². The van der Waals surface area contributed by atoms with Crippen molar-refractivity contribution < 1.29 is 4.74 Å². The monoisotopic (exact) mass is 381 g/mol. The summed E-state index contributed by atoms with van der Waals surface area (Å²) in [6.07, 6.45) is 0. The molecule has 2 aromatic rings. The third kappa shape index (κ3) is 2.83. The van der Waals surface area contributed by atoms with Crippen molar-refractivity contribution in [1.29, 1.82) is 0 Å². The molecular formula is C17H20INO. The zero-order valence-corrected chi connectivity index (χ0v) is 14.5. The molecule has 0 heterocycles. The molecule has 2 aromatic carbocycles. The van der Waals surface area contributed by atoms with Crippen LogP contribution in [0.1, 0.15) is 28.3 Å². The van der Waals surface area contributed by atoms with Crippen molar-refractivity contribution in [2.24, 2.45) is 0 Å². The number of nitrogens with one attached hydrogen (secondary N) is 1. The minimum atomic E-state index is 0.136. The molecule has 0 aromatic heterocycles. The number of aryl methyl sites for hydroxylation is 1. The van der Waals surface area contributed by atoms with Crippen LogP contribution in [0.5, 0.6) is 5.75 Å². The van der Waals surface area contributed by atoms with Crippen LogP contribution in [0.3, 0.4) is 0 Å². The highest BCUT2D eigenvalue weighted by molar-refractivity contribution is 14.1. The van der Waals surface area contributed by atoms with Crippen LogP contribution < -0.4 is 10.1 Å². The summed E-state index contributed by atoms with van der Waals surface area (Å²) in [5, 5.41) is 3.41. The van der Waals surface area contributed by atoms with Crippen molar-refractivity contribution >= 4 is 22.6 Å². The van der Waals surface area contributed by atoms with Gasteiger partial charge in [-0.15, -0.1) is 0 Å². The second-order valence-electron chi connectivity index (χ2n) is 4.87. The molecule has 0 bridgehead atoms. The zero-order chi connectivity index (χ0) is 14.7. The lowest BCUT2D eigenvalue weighted by Gasteiger charge is -2.23. The Morgan fingerprint density at radius 1 is 1.05 bits per heavy atom. The maximum Gasteiger partial charge on any atom is 0.127 e. The van der Waals surface area contributed by atoms with Gasteiger partial charge in [0.25, 0.3) is 0 Å². The molecule has 20 heavy (non-hydrogen) atoms. The largest absolute Gasteiger partial charge is 0.496 e. The van der Waals surface area contributed by atoms with Crippen LogP contribution in [0, 0.1) is 17.4 Å². The lowest BCUT2D eigenvalue weighted by molar-refractivity contribution is 0.402. The number of hydrogen-bond donors (Lipinski definition) is 1. The van der Waals surface area contributed by atoms with Gasteiger partial charge in [-0.3, -0.25) is 0 Å². The summed E-state index contributed by atoms with van der Waals surface area (Å²) in [7, 11) is 3.73. The van der Waals surface area contributed by atoms with Gasteiger partial charge in [0.15, 0.2) is 0 Å². The fourth-order valence-electron chi connectivity index (χ4n) is 2.50. The van der Waals surface area contributed by atoms with Crippen molar-refractivity contribution in [2.75, 3.05) is 14.2 Å². The summed E-state index contributed by atoms with van der Waals surface area (Å²) < 4.78 is 6.91. The van der Waals surface area contributed by atoms with Crippen LogP contribution in [0.2, 0.25) is 0 Å². The summed E-state index contributed by atoms with van der Waals surface area (Å²) in [4.78, 5) is 0. The summed E-state index contributed by atoms with van der Waals surface area (Å²) in [5.74, 6) is 0.976. The minimum absolute atomic E-state index is 0.136. The second-order valence-corrected chi connectivity index (χ2v) is 6.04. The molecule has 0 aliphatic carbocycles. The predicted molar refractivity (Wildman–Crippen MR) is 92.5 cm³/mol. The highest BCUT2D eigenvalue weighted by Crippen LogP contribution is 2.35. The van der Waals surface area contributed by atoms with Crippen LogP contribution in [0.4, 0.5) is 0 Å². The number of methoxy groups -OCH3 is 1. The molecule has 0 aliphatic rings. The van der Waals surface area contributed by atoms with E-state index in [1.54, 1.807) is 7.11 Å². The fraction of sp³-hybridized carbons (Fsp3) is 0.294. The van der Waals surface area contributed by atoms with Gasteiger partial charge < -0.3 is 10.1 Å². The smallest absolute Gasteiger partial charge is 0.127 e. The van der Waals surface area contributed by atoms with Crippen LogP contribution in [0.25, 0.3) is 0 Å². The number of benzene rings is 2. The molecule has 0 fully saturated rings. The summed E-state index contributed by atoms with van der Waals surface area (Å²) in [6.45, 7) is 4.22. The van der Waals surface area contributed by atoms with E-state index in [1.165, 1.54) is 25.8 Å². The van der Waals surface area contributed by atoms with Gasteiger partial charge in [0.05, 0.1) is 13.2 Å². The average Bonchev–Trinajstić information content (AvgIpc) is 2.45. The first-order valence-corrected chi connectivity index (χ1v) is 7.73. The maximum absolute atomic E-state index is 5.66. The Balaban J connectivity index is 2.59. The Morgan fingerprint density at radius 3 is 2.35 bits per heavy atom. The summed E-state index contributed by atoms with van der Waals surface area (Å²) >= 11 is 2.38. The maximum atomic E-state index is 5.66. The minimum Gasteiger partial charge on any atom is -0.496 e. The molecule has 0 radical (unpaired) electrons. The Labute approximate surface area is 134 Å². The van der Waals surface area contributed by atoms with Crippen LogP contribution in [-0.4, -0.2) is 14.2 Å². The molecule has 0 saturated carbocycles. The van der Waals surface area contributed by atoms with Gasteiger partial charge in [0.2, 0.25) is 0 Å². The Morgan fingerprint density at radius 2 is 1.75 bits per heavy atom. The highest BCUT2D eigenvalue weighted by atomic mass is 127. The molecule has 1 atom stereocenters. The molecule has 2 rings (SSSR count). The van der Waals surface area contributed by atoms with E-state index in [1.807, 2.05) is 7.05 Å². The van der Waals surface area contributed by atoms with Gasteiger partial charge in [-0.2, -0.15) is 0 Å². The molecule has 1 N–H and O–H groups in total. The van der Waals surface area contributed by atoms with E-state index in [0.29, 0.717) is 0 Å². The van der Waals surface area contributed by atoms with E-state index in [9.17, 15) is 0 Å². The van der Waals surface area contributed by atoms with Gasteiger partial charge in [0, 0.05) is 9.13 Å². The Hall–Kier alpha value is -1.07. The van der Waals surface area contributed by atoms with Crippen molar-refractivity contribution in [3.63, 3.8) is 0 Å². The lowest BCUT2D eigenvalue weighted by atomic mass is 9.94. The molecule has 0 saturated heterocycles. The Bertz CT molecular complexity index is 610. The summed E-state index contributed by atoms with van der Waals surface area (Å²) in [6, 6.07) is 12.9. The van der Waals surface area contributed by atoms with Gasteiger partial charge in [-0.05, 0) is 66.2 Å². The first-order chi connectivity index (χ1) is 9.60. The molecule has 0 amide bonds. The second kappa shape index (κ2) is 6.59. The standard InChI is InChI=1S/C17H20INO/c1-11-9-10-14(17(20-4)12(11)2)16(19-3)13-7-5-6-8-15(13)18/h5-10,16,19H,1-4H3. The van der Waals surface area contributed by atoms with Crippen LogP contribution in [0.15, 0.2) is 36.4 Å². The molecule has 3 heteroatoms. The Kier molecular flexibility index (Phi) is 5.05. The summed E-state index contributed by atoms with van der Waals surface area (Å²) in [5.41, 5.74) is 4.92. The third-order valence-corrected chi connectivity index (χ3v) is 4.71. The van der Waals surface area contributed by atoms with Crippen LogP contribution in [-0.2, 0) is 0 Å². The molecule has 2 nitrogen and oxygen atoms in total. The van der Waals surface area contributed by atoms with E-state index in [0.717, 1.165) is 5.75 Å². The average molecular weight is 381 g/mol. The van der Waals surface area contributed by atoms with E-state index in [2.05, 4.69) is 78.2 Å². The van der Waals surface area contributed by atoms with E-state index >= 15 is 0 Å². The molecule has 0 aliphatic heterocycles. The van der Waals surface area contributed by atoms with E-state index in [4.69, 9.17) is 4.74 Å². The van der Waals surface area contributed by atoms with Gasteiger partial charge in [0.1, 0.15) is 5.75 Å². The first kappa shape index (κ1) is 15.3. The molecule has 106 valence electrons. The number of halogens is 1. The topological polar surface area (TPSA) is 21.3 Å². The highest BCUT2D eigenvalue weighted by Gasteiger charge is 2.20. The fourth-order valence-corrected chi connectivity index (χ4v) is 3.20. The van der Waals surface area contributed by atoms with E-state index in [-0.39, 0.29) is 6.04 Å².